The molecule has 0 saturated heterocycles. The first-order valence-electron chi connectivity index (χ1n) is 5.67. The summed E-state index contributed by atoms with van der Waals surface area (Å²) in [6.45, 7) is 5.05. The zero-order chi connectivity index (χ0) is 14.8. The van der Waals surface area contributed by atoms with Gasteiger partial charge in [0.2, 0.25) is 10.0 Å². The topological polar surface area (TPSA) is 81.4 Å². The molecule has 0 spiro atoms. The molecule has 7 heteroatoms. The summed E-state index contributed by atoms with van der Waals surface area (Å²) in [6, 6.07) is 2.23. The van der Waals surface area contributed by atoms with Gasteiger partial charge in [0.1, 0.15) is 10.7 Å². The molecule has 0 unspecified atom stereocenters. The number of nitrogen functional groups attached to an aromatic ring is 1. The van der Waals surface area contributed by atoms with Gasteiger partial charge in [-0.05, 0) is 38.5 Å². The molecule has 0 aliphatic rings. The van der Waals surface area contributed by atoms with E-state index in [0.717, 1.165) is 12.1 Å². The molecule has 0 bridgehead atoms. The lowest BCUT2D eigenvalue weighted by molar-refractivity contribution is 0.141. The number of nitrogens with two attached hydrogens (primary N) is 1. The Hall–Kier alpha value is -1.18. The molecule has 0 aliphatic carbocycles. The highest BCUT2D eigenvalue weighted by Gasteiger charge is 2.28. The molecule has 0 fully saturated rings. The number of nitrogens with one attached hydrogen (secondary N) is 1. The minimum atomic E-state index is -4.00. The molecule has 0 atom stereocenters. The van der Waals surface area contributed by atoms with Crippen LogP contribution in [0.3, 0.4) is 0 Å². The molecular weight excluding hydrogens is 271 g/mol. The van der Waals surface area contributed by atoms with Gasteiger partial charge in [-0.3, -0.25) is 0 Å². The van der Waals surface area contributed by atoms with Crippen LogP contribution >= 0.6 is 0 Å². The van der Waals surface area contributed by atoms with E-state index in [2.05, 4.69) is 4.72 Å². The molecule has 0 amide bonds. The van der Waals surface area contributed by atoms with Crippen LogP contribution in [-0.4, -0.2) is 27.7 Å². The van der Waals surface area contributed by atoms with E-state index in [9.17, 15) is 12.8 Å². The summed E-state index contributed by atoms with van der Waals surface area (Å²) in [6.07, 6.45) is 0. The number of sulfonamides is 1. The standard InChI is InChI=1S/C12H19FN2O3S/c1-8-5-9(13)11(6-10(8)14)19(16,17)15-12(2,3)7-18-4/h5-6,15H,7,14H2,1-4H3. The number of halogens is 1. The van der Waals surface area contributed by atoms with Crippen molar-refractivity contribution in [1.82, 2.24) is 4.72 Å². The Labute approximate surface area is 113 Å². The third-order valence-corrected chi connectivity index (χ3v) is 4.24. The number of benzene rings is 1. The Morgan fingerprint density at radius 1 is 1.42 bits per heavy atom. The fourth-order valence-electron chi connectivity index (χ4n) is 1.68. The number of ether oxygens (including phenoxy) is 1. The maximum Gasteiger partial charge on any atom is 0.244 e. The van der Waals surface area contributed by atoms with E-state index in [1.807, 2.05) is 0 Å². The number of rotatable bonds is 5. The van der Waals surface area contributed by atoms with Crippen molar-refractivity contribution in [3.05, 3.63) is 23.5 Å². The van der Waals surface area contributed by atoms with E-state index >= 15 is 0 Å². The van der Waals surface area contributed by atoms with Crippen molar-refractivity contribution in [2.75, 3.05) is 19.5 Å². The van der Waals surface area contributed by atoms with Crippen molar-refractivity contribution in [3.63, 3.8) is 0 Å². The summed E-state index contributed by atoms with van der Waals surface area (Å²) in [5.74, 6) is -0.826. The number of anilines is 1. The van der Waals surface area contributed by atoms with E-state index in [1.54, 1.807) is 20.8 Å². The lowest BCUT2D eigenvalue weighted by Crippen LogP contribution is -2.46. The van der Waals surface area contributed by atoms with Crippen LogP contribution in [0, 0.1) is 12.7 Å². The number of hydrogen-bond acceptors (Lipinski definition) is 4. The number of aryl methyl sites for hydroxylation is 1. The van der Waals surface area contributed by atoms with Crippen molar-refractivity contribution in [2.45, 2.75) is 31.2 Å². The number of hydrogen-bond donors (Lipinski definition) is 2. The summed E-state index contributed by atoms with van der Waals surface area (Å²) >= 11 is 0. The van der Waals surface area contributed by atoms with Gasteiger partial charge < -0.3 is 10.5 Å². The molecule has 0 heterocycles. The zero-order valence-corrected chi connectivity index (χ0v) is 12.3. The summed E-state index contributed by atoms with van der Waals surface area (Å²) in [5.41, 5.74) is 5.50. The maximum absolute atomic E-state index is 13.8. The van der Waals surface area contributed by atoms with Crippen molar-refractivity contribution in [1.29, 1.82) is 0 Å². The van der Waals surface area contributed by atoms with Gasteiger partial charge in [-0.1, -0.05) is 0 Å². The van der Waals surface area contributed by atoms with Gasteiger partial charge in [0.15, 0.2) is 0 Å². The van der Waals surface area contributed by atoms with E-state index in [0.29, 0.717) is 5.56 Å². The Morgan fingerprint density at radius 3 is 2.53 bits per heavy atom. The van der Waals surface area contributed by atoms with Crippen LogP contribution in [0.5, 0.6) is 0 Å². The van der Waals surface area contributed by atoms with E-state index < -0.39 is 26.3 Å². The van der Waals surface area contributed by atoms with Crippen molar-refractivity contribution < 1.29 is 17.5 Å². The monoisotopic (exact) mass is 290 g/mol. The number of methoxy groups -OCH3 is 1. The second kappa shape index (κ2) is 5.44. The lowest BCUT2D eigenvalue weighted by Gasteiger charge is -2.25. The molecule has 19 heavy (non-hydrogen) atoms. The SMILES string of the molecule is COCC(C)(C)NS(=O)(=O)c1cc(N)c(C)cc1F. The van der Waals surface area contributed by atoms with Gasteiger partial charge in [-0.15, -0.1) is 0 Å². The van der Waals surface area contributed by atoms with Gasteiger partial charge in [-0.2, -0.15) is 0 Å². The smallest absolute Gasteiger partial charge is 0.244 e. The average Bonchev–Trinajstić information content (AvgIpc) is 2.21. The molecule has 1 aromatic rings. The van der Waals surface area contributed by atoms with Gasteiger partial charge in [-0.25, -0.2) is 17.5 Å². The highest BCUT2D eigenvalue weighted by atomic mass is 32.2. The summed E-state index contributed by atoms with van der Waals surface area (Å²) in [4.78, 5) is -0.459. The van der Waals surface area contributed by atoms with Gasteiger partial charge in [0.05, 0.1) is 12.1 Å². The molecule has 1 aromatic carbocycles. The summed E-state index contributed by atoms with van der Waals surface area (Å²) in [7, 11) is -2.54. The fourth-order valence-corrected chi connectivity index (χ4v) is 3.18. The largest absolute Gasteiger partial charge is 0.398 e. The quantitative estimate of drug-likeness (QED) is 0.804. The van der Waals surface area contributed by atoms with Crippen LogP contribution < -0.4 is 10.5 Å². The van der Waals surface area contributed by atoms with Crippen molar-refractivity contribution >= 4 is 15.7 Å². The van der Waals surface area contributed by atoms with Crippen LogP contribution in [0.2, 0.25) is 0 Å². The molecule has 3 N–H and O–H groups in total. The maximum atomic E-state index is 13.8. The van der Waals surface area contributed by atoms with Gasteiger partial charge in [0.25, 0.3) is 0 Å². The third-order valence-electron chi connectivity index (χ3n) is 2.53. The van der Waals surface area contributed by atoms with Crippen LogP contribution in [0.1, 0.15) is 19.4 Å². The molecule has 0 aromatic heterocycles. The zero-order valence-electron chi connectivity index (χ0n) is 11.5. The first-order valence-corrected chi connectivity index (χ1v) is 7.16. The van der Waals surface area contributed by atoms with Crippen LogP contribution in [0.25, 0.3) is 0 Å². The van der Waals surface area contributed by atoms with Crippen LogP contribution in [-0.2, 0) is 14.8 Å². The molecular formula is C12H19FN2O3S. The highest BCUT2D eigenvalue weighted by Crippen LogP contribution is 2.22. The molecule has 0 saturated carbocycles. The molecule has 0 radical (unpaired) electrons. The average molecular weight is 290 g/mol. The second-order valence-electron chi connectivity index (χ2n) is 5.06. The van der Waals surface area contributed by atoms with E-state index in [4.69, 9.17) is 10.5 Å². The normalized spacial score (nSPS) is 12.7. The highest BCUT2D eigenvalue weighted by molar-refractivity contribution is 7.89. The minimum absolute atomic E-state index is 0.162. The predicted molar refractivity (Wildman–Crippen MR) is 71.8 cm³/mol. The summed E-state index contributed by atoms with van der Waals surface area (Å²) in [5, 5.41) is 0. The van der Waals surface area contributed by atoms with Gasteiger partial charge in [0, 0.05) is 12.8 Å². The van der Waals surface area contributed by atoms with Crippen molar-refractivity contribution in [3.8, 4) is 0 Å². The minimum Gasteiger partial charge on any atom is -0.398 e. The molecule has 5 nitrogen and oxygen atoms in total. The Kier molecular flexibility index (Phi) is 4.54. The Balaban J connectivity index is 3.18. The first-order chi connectivity index (χ1) is 8.59. The predicted octanol–water partition coefficient (Wildman–Crippen LogP) is 1.42. The first kappa shape index (κ1) is 15.9. The van der Waals surface area contributed by atoms with Crippen LogP contribution in [0.15, 0.2) is 17.0 Å². The summed E-state index contributed by atoms with van der Waals surface area (Å²) < 4.78 is 45.4. The molecule has 0 aliphatic heterocycles. The third kappa shape index (κ3) is 3.89. The van der Waals surface area contributed by atoms with E-state index in [-0.39, 0.29) is 12.3 Å². The Morgan fingerprint density at radius 2 is 2.00 bits per heavy atom. The lowest BCUT2D eigenvalue weighted by atomic mass is 10.1. The Bertz CT molecular complexity index is 571. The van der Waals surface area contributed by atoms with Crippen LogP contribution in [0.4, 0.5) is 10.1 Å². The van der Waals surface area contributed by atoms with Gasteiger partial charge >= 0.3 is 0 Å². The second-order valence-corrected chi connectivity index (χ2v) is 6.71. The molecule has 1 rings (SSSR count). The van der Waals surface area contributed by atoms with E-state index in [1.165, 1.54) is 7.11 Å². The van der Waals surface area contributed by atoms with Crippen molar-refractivity contribution in [2.24, 2.45) is 0 Å². The molecule has 108 valence electrons. The fraction of sp³-hybridized carbons (Fsp3) is 0.500.